The maximum absolute atomic E-state index is 12.5. The number of fused-ring (bicyclic) bond motifs is 3. The number of ether oxygens (including phenoxy) is 1. The van der Waals surface area contributed by atoms with Gasteiger partial charge in [-0.25, -0.2) is 9.97 Å². The zero-order valence-electron chi connectivity index (χ0n) is 20.5. The number of amides is 2. The van der Waals surface area contributed by atoms with Crippen LogP contribution in [0.3, 0.4) is 0 Å². The lowest BCUT2D eigenvalue weighted by Crippen LogP contribution is -2.53. The zero-order chi connectivity index (χ0) is 26.0. The minimum Gasteiger partial charge on any atom is -0.457 e. The van der Waals surface area contributed by atoms with Gasteiger partial charge >= 0.3 is 0 Å². The number of rotatable bonds is 7. The molecule has 4 aromatic rings. The summed E-state index contributed by atoms with van der Waals surface area (Å²) < 4.78 is 8.07. The highest BCUT2D eigenvalue weighted by atomic mass is 16.5. The number of nitrogens with one attached hydrogen (secondary N) is 2. The number of carbonyl (C=O) groups excluding carboxylic acids is 2. The van der Waals surface area contributed by atoms with Crippen LogP contribution >= 0.6 is 0 Å². The van der Waals surface area contributed by atoms with Gasteiger partial charge in [0.25, 0.3) is 0 Å². The number of benzene rings is 2. The van der Waals surface area contributed by atoms with E-state index in [4.69, 9.17) is 10.5 Å². The third kappa shape index (κ3) is 4.88. The molecule has 1 atom stereocenters. The molecule has 1 aliphatic heterocycles. The van der Waals surface area contributed by atoms with Crippen molar-refractivity contribution in [3.8, 4) is 22.6 Å². The Bertz CT molecular complexity index is 1480. The van der Waals surface area contributed by atoms with Crippen LogP contribution in [0.1, 0.15) is 19.0 Å². The first kappa shape index (κ1) is 24.1. The van der Waals surface area contributed by atoms with Crippen molar-refractivity contribution < 1.29 is 14.3 Å². The van der Waals surface area contributed by atoms with E-state index in [0.29, 0.717) is 25.2 Å². The second-order valence-corrected chi connectivity index (χ2v) is 9.34. The number of para-hydroxylation sites is 1. The fourth-order valence-electron chi connectivity index (χ4n) is 4.84. The first-order valence-corrected chi connectivity index (χ1v) is 12.0. The van der Waals surface area contributed by atoms with E-state index in [0.717, 1.165) is 45.4 Å². The number of hydrogen-bond donors (Lipinski definition) is 3. The van der Waals surface area contributed by atoms with E-state index >= 15 is 0 Å². The largest absolute Gasteiger partial charge is 0.457 e. The average molecular weight is 497 g/mol. The van der Waals surface area contributed by atoms with Gasteiger partial charge in [-0.15, -0.1) is 0 Å². The molecule has 1 aliphatic rings. The van der Waals surface area contributed by atoms with Crippen LogP contribution in [0.15, 0.2) is 73.6 Å². The van der Waals surface area contributed by atoms with Gasteiger partial charge in [0.05, 0.1) is 17.5 Å². The topological polar surface area (TPSA) is 124 Å². The van der Waals surface area contributed by atoms with Crippen molar-refractivity contribution >= 4 is 28.7 Å². The molecule has 1 unspecified atom stereocenters. The lowest BCUT2D eigenvalue weighted by molar-refractivity contribution is -0.125. The van der Waals surface area contributed by atoms with Crippen LogP contribution in [0.25, 0.3) is 22.2 Å². The molecular weight excluding hydrogens is 468 g/mol. The van der Waals surface area contributed by atoms with E-state index in [2.05, 4.69) is 31.7 Å². The summed E-state index contributed by atoms with van der Waals surface area (Å²) in [6.45, 7) is 5.79. The molecule has 0 aliphatic carbocycles. The SMILES string of the molecule is C=CC(=O)NCC(=O)NC1(C)CCc2c(-c3ccc(Oc4ccccc4)cc3)c3c(N)ncnc3n2C1. The fourth-order valence-corrected chi connectivity index (χ4v) is 4.84. The molecule has 37 heavy (non-hydrogen) atoms. The Morgan fingerprint density at radius 2 is 1.86 bits per heavy atom. The summed E-state index contributed by atoms with van der Waals surface area (Å²) in [5.41, 5.74) is 9.62. The van der Waals surface area contributed by atoms with Gasteiger partial charge in [0.1, 0.15) is 29.3 Å². The van der Waals surface area contributed by atoms with Crippen molar-refractivity contribution in [2.75, 3.05) is 12.3 Å². The summed E-state index contributed by atoms with van der Waals surface area (Å²) in [5, 5.41) is 6.39. The highest BCUT2D eigenvalue weighted by Crippen LogP contribution is 2.41. The fraction of sp³-hybridized carbons (Fsp3) is 0.214. The third-order valence-corrected chi connectivity index (χ3v) is 6.57. The van der Waals surface area contributed by atoms with Crippen molar-refractivity contribution in [2.45, 2.75) is 31.8 Å². The van der Waals surface area contributed by atoms with Crippen molar-refractivity contribution in [3.05, 3.63) is 79.3 Å². The molecule has 9 nitrogen and oxygen atoms in total. The molecule has 0 bridgehead atoms. The highest BCUT2D eigenvalue weighted by molar-refractivity contribution is 6.02. The maximum atomic E-state index is 12.5. The van der Waals surface area contributed by atoms with Gasteiger partial charge in [-0.1, -0.05) is 36.9 Å². The minimum absolute atomic E-state index is 0.114. The number of aromatic nitrogens is 3. The number of carbonyl (C=O) groups is 2. The Kier molecular flexibility index (Phi) is 6.35. The van der Waals surface area contributed by atoms with Gasteiger partial charge in [0, 0.05) is 17.8 Å². The molecule has 2 aromatic heterocycles. The van der Waals surface area contributed by atoms with Gasteiger partial charge in [0.2, 0.25) is 11.8 Å². The molecule has 0 saturated carbocycles. The second kappa shape index (κ2) is 9.77. The van der Waals surface area contributed by atoms with Crippen LogP contribution in [-0.2, 0) is 22.6 Å². The van der Waals surface area contributed by atoms with E-state index in [-0.39, 0.29) is 18.4 Å². The van der Waals surface area contributed by atoms with Crippen molar-refractivity contribution in [3.63, 3.8) is 0 Å². The minimum atomic E-state index is -0.528. The maximum Gasteiger partial charge on any atom is 0.243 e. The predicted molar refractivity (Wildman–Crippen MR) is 142 cm³/mol. The Morgan fingerprint density at radius 1 is 1.14 bits per heavy atom. The normalized spacial score (nSPS) is 16.6. The van der Waals surface area contributed by atoms with Gasteiger partial charge in [-0.2, -0.15) is 0 Å². The summed E-state index contributed by atoms with van der Waals surface area (Å²) in [6, 6.07) is 17.5. The van der Waals surface area contributed by atoms with Crippen LogP contribution in [0.2, 0.25) is 0 Å². The standard InChI is InChI=1S/C28H28N6O3/c1-3-22(35)30-15-23(36)33-28(2)14-13-21-24(25-26(29)31-17-32-27(25)34(21)16-28)18-9-11-20(12-10-18)37-19-7-5-4-6-8-19/h3-12,17H,1,13-16H2,2H3,(H,30,35)(H,33,36)(H2,29,31,32). The monoisotopic (exact) mass is 496 g/mol. The van der Waals surface area contributed by atoms with E-state index in [1.165, 1.54) is 6.33 Å². The molecule has 188 valence electrons. The highest BCUT2D eigenvalue weighted by Gasteiger charge is 2.35. The van der Waals surface area contributed by atoms with Crippen LogP contribution in [0.5, 0.6) is 11.5 Å². The van der Waals surface area contributed by atoms with Crippen LogP contribution in [0, 0.1) is 0 Å². The number of hydrogen-bond acceptors (Lipinski definition) is 6. The molecule has 4 N–H and O–H groups in total. The van der Waals surface area contributed by atoms with Crippen molar-refractivity contribution in [1.29, 1.82) is 0 Å². The molecule has 3 heterocycles. The Labute approximate surface area is 214 Å². The zero-order valence-corrected chi connectivity index (χ0v) is 20.5. The smallest absolute Gasteiger partial charge is 0.243 e. The van der Waals surface area contributed by atoms with E-state index in [1.54, 1.807) is 0 Å². The molecule has 2 aromatic carbocycles. The molecule has 5 rings (SSSR count). The Balaban J connectivity index is 1.45. The van der Waals surface area contributed by atoms with Crippen molar-refractivity contribution in [2.24, 2.45) is 0 Å². The number of anilines is 1. The van der Waals surface area contributed by atoms with E-state index in [1.807, 2.05) is 61.5 Å². The first-order valence-electron chi connectivity index (χ1n) is 12.0. The molecule has 9 heteroatoms. The van der Waals surface area contributed by atoms with Gasteiger partial charge in [0.15, 0.2) is 0 Å². The molecule has 2 amide bonds. The van der Waals surface area contributed by atoms with Crippen LogP contribution in [0.4, 0.5) is 5.82 Å². The molecular formula is C28H28N6O3. The Morgan fingerprint density at radius 3 is 2.59 bits per heavy atom. The lowest BCUT2D eigenvalue weighted by Gasteiger charge is -2.36. The second-order valence-electron chi connectivity index (χ2n) is 9.34. The average Bonchev–Trinajstić information content (AvgIpc) is 3.22. The molecule has 0 saturated heterocycles. The third-order valence-electron chi connectivity index (χ3n) is 6.57. The van der Waals surface area contributed by atoms with Crippen molar-refractivity contribution in [1.82, 2.24) is 25.2 Å². The summed E-state index contributed by atoms with van der Waals surface area (Å²) in [7, 11) is 0. The van der Waals surface area contributed by atoms with Crippen LogP contribution < -0.4 is 21.1 Å². The first-order chi connectivity index (χ1) is 17.9. The number of nitrogens with zero attached hydrogens (tertiary/aromatic N) is 3. The number of nitrogens with two attached hydrogens (primary N) is 1. The molecule has 0 spiro atoms. The molecule has 0 radical (unpaired) electrons. The summed E-state index contributed by atoms with van der Waals surface area (Å²) in [5.74, 6) is 1.25. The molecule has 0 fully saturated rings. The lowest BCUT2D eigenvalue weighted by atomic mass is 9.89. The summed E-state index contributed by atoms with van der Waals surface area (Å²) in [4.78, 5) is 32.8. The quantitative estimate of drug-likeness (QED) is 0.336. The van der Waals surface area contributed by atoms with E-state index < -0.39 is 5.54 Å². The van der Waals surface area contributed by atoms with Gasteiger partial charge in [-0.05, 0) is 55.7 Å². The summed E-state index contributed by atoms with van der Waals surface area (Å²) >= 11 is 0. The van der Waals surface area contributed by atoms with Crippen LogP contribution in [-0.4, -0.2) is 38.4 Å². The van der Waals surface area contributed by atoms with E-state index in [9.17, 15) is 9.59 Å². The number of nitrogen functional groups attached to an aromatic ring is 1. The summed E-state index contributed by atoms with van der Waals surface area (Å²) in [6.07, 6.45) is 4.00. The van der Waals surface area contributed by atoms with Gasteiger partial charge in [-0.3, -0.25) is 9.59 Å². The Hall–Kier alpha value is -4.66. The van der Waals surface area contributed by atoms with Gasteiger partial charge < -0.3 is 25.7 Å². The predicted octanol–water partition coefficient (Wildman–Crippen LogP) is 3.60.